The van der Waals surface area contributed by atoms with Crippen molar-refractivity contribution < 1.29 is 13.9 Å². The molecule has 0 amide bonds. The third kappa shape index (κ3) is 3.39. The fraction of sp³-hybridized carbons (Fsp3) is 0.308. The average Bonchev–Trinajstić information content (AvgIpc) is 2.33. The first kappa shape index (κ1) is 11.8. The van der Waals surface area contributed by atoms with E-state index in [1.807, 2.05) is 6.08 Å². The Morgan fingerprint density at radius 1 is 1.41 bits per heavy atom. The second kappa shape index (κ2) is 5.59. The number of nitrogens with one attached hydrogen (secondary N) is 1. The summed E-state index contributed by atoms with van der Waals surface area (Å²) in [4.78, 5) is 11.6. The molecule has 1 aromatic rings. The van der Waals surface area contributed by atoms with Crippen molar-refractivity contribution in [1.29, 1.82) is 0 Å². The third-order valence-electron chi connectivity index (χ3n) is 2.59. The number of hydrogen-bond acceptors (Lipinski definition) is 3. The molecular formula is C13H14FNO2. The van der Waals surface area contributed by atoms with Gasteiger partial charge in [-0.3, -0.25) is 4.79 Å². The SMILES string of the molecule is O=C(CC1=CCNCC1)Oc1ccccc1F. The summed E-state index contributed by atoms with van der Waals surface area (Å²) >= 11 is 0. The number of rotatable bonds is 3. The second-order valence-corrected chi connectivity index (χ2v) is 3.90. The Kier molecular flexibility index (Phi) is 3.88. The summed E-state index contributed by atoms with van der Waals surface area (Å²) < 4.78 is 18.2. The molecule has 0 saturated heterocycles. The van der Waals surface area contributed by atoms with E-state index >= 15 is 0 Å². The van der Waals surface area contributed by atoms with Crippen LogP contribution in [0.3, 0.4) is 0 Å². The van der Waals surface area contributed by atoms with Crippen LogP contribution < -0.4 is 10.1 Å². The standard InChI is InChI=1S/C13H14FNO2/c14-11-3-1-2-4-12(11)17-13(16)9-10-5-7-15-8-6-10/h1-5,15H,6-9H2. The van der Waals surface area contributed by atoms with Gasteiger partial charge in [-0.25, -0.2) is 4.39 Å². The van der Waals surface area contributed by atoms with Crippen molar-refractivity contribution in [2.24, 2.45) is 0 Å². The van der Waals surface area contributed by atoms with E-state index in [1.54, 1.807) is 12.1 Å². The maximum absolute atomic E-state index is 13.2. The van der Waals surface area contributed by atoms with Crippen molar-refractivity contribution in [2.45, 2.75) is 12.8 Å². The molecule has 0 radical (unpaired) electrons. The highest BCUT2D eigenvalue weighted by molar-refractivity contribution is 5.75. The van der Waals surface area contributed by atoms with Crippen molar-refractivity contribution in [2.75, 3.05) is 13.1 Å². The molecular weight excluding hydrogens is 221 g/mol. The van der Waals surface area contributed by atoms with Gasteiger partial charge in [0, 0.05) is 6.54 Å². The van der Waals surface area contributed by atoms with E-state index < -0.39 is 11.8 Å². The maximum Gasteiger partial charge on any atom is 0.315 e. The zero-order chi connectivity index (χ0) is 12.1. The lowest BCUT2D eigenvalue weighted by molar-refractivity contribution is -0.133. The quantitative estimate of drug-likeness (QED) is 0.495. The molecule has 1 aliphatic rings. The van der Waals surface area contributed by atoms with Gasteiger partial charge in [-0.05, 0) is 25.1 Å². The van der Waals surface area contributed by atoms with Crippen molar-refractivity contribution in [3.05, 3.63) is 41.7 Å². The van der Waals surface area contributed by atoms with Gasteiger partial charge in [-0.1, -0.05) is 23.8 Å². The predicted molar refractivity (Wildman–Crippen MR) is 62.2 cm³/mol. The fourth-order valence-electron chi connectivity index (χ4n) is 1.70. The number of halogens is 1. The van der Waals surface area contributed by atoms with Gasteiger partial charge in [0.1, 0.15) is 0 Å². The van der Waals surface area contributed by atoms with Crippen LogP contribution in [0.1, 0.15) is 12.8 Å². The van der Waals surface area contributed by atoms with Crippen LogP contribution in [0.25, 0.3) is 0 Å². The smallest absolute Gasteiger partial charge is 0.315 e. The number of ether oxygens (including phenoxy) is 1. The molecule has 1 heterocycles. The van der Waals surface area contributed by atoms with E-state index in [1.165, 1.54) is 12.1 Å². The number of para-hydroxylation sites is 1. The lowest BCUT2D eigenvalue weighted by Gasteiger charge is -2.13. The van der Waals surface area contributed by atoms with Gasteiger partial charge in [0.2, 0.25) is 0 Å². The van der Waals surface area contributed by atoms with Gasteiger partial charge in [-0.15, -0.1) is 0 Å². The van der Waals surface area contributed by atoms with Gasteiger partial charge in [0.05, 0.1) is 6.42 Å². The minimum atomic E-state index is -0.514. The first-order chi connectivity index (χ1) is 8.25. The Bertz CT molecular complexity index is 443. The summed E-state index contributed by atoms with van der Waals surface area (Å²) in [7, 11) is 0. The van der Waals surface area contributed by atoms with E-state index in [0.29, 0.717) is 0 Å². The minimum absolute atomic E-state index is 0.00738. The lowest BCUT2D eigenvalue weighted by atomic mass is 10.1. The van der Waals surface area contributed by atoms with Gasteiger partial charge < -0.3 is 10.1 Å². The molecule has 4 heteroatoms. The first-order valence-electron chi connectivity index (χ1n) is 5.59. The number of esters is 1. The van der Waals surface area contributed by atoms with E-state index in [2.05, 4.69) is 5.32 Å². The molecule has 0 fully saturated rings. The maximum atomic E-state index is 13.2. The third-order valence-corrected chi connectivity index (χ3v) is 2.59. The summed E-state index contributed by atoms with van der Waals surface area (Å²) in [6, 6.07) is 5.91. The zero-order valence-corrected chi connectivity index (χ0v) is 9.41. The highest BCUT2D eigenvalue weighted by Crippen LogP contribution is 2.17. The number of carbonyl (C=O) groups is 1. The molecule has 90 valence electrons. The van der Waals surface area contributed by atoms with Crippen LogP contribution in [0, 0.1) is 5.82 Å². The molecule has 17 heavy (non-hydrogen) atoms. The van der Waals surface area contributed by atoms with Crippen LogP contribution in [-0.2, 0) is 4.79 Å². The zero-order valence-electron chi connectivity index (χ0n) is 9.41. The van der Waals surface area contributed by atoms with Crippen LogP contribution in [0.2, 0.25) is 0 Å². The van der Waals surface area contributed by atoms with Gasteiger partial charge in [0.25, 0.3) is 0 Å². The van der Waals surface area contributed by atoms with E-state index in [9.17, 15) is 9.18 Å². The number of benzene rings is 1. The summed E-state index contributed by atoms with van der Waals surface area (Å²) in [5, 5.41) is 3.16. The van der Waals surface area contributed by atoms with Crippen LogP contribution in [0.5, 0.6) is 5.75 Å². The first-order valence-corrected chi connectivity index (χ1v) is 5.59. The lowest BCUT2D eigenvalue weighted by Crippen LogP contribution is -2.22. The normalized spacial score (nSPS) is 15.2. The summed E-state index contributed by atoms with van der Waals surface area (Å²) in [6.45, 7) is 1.65. The molecule has 0 unspecified atom stereocenters. The van der Waals surface area contributed by atoms with Crippen LogP contribution >= 0.6 is 0 Å². The van der Waals surface area contributed by atoms with Gasteiger partial charge in [-0.2, -0.15) is 0 Å². The molecule has 0 spiro atoms. The Morgan fingerprint density at radius 2 is 2.24 bits per heavy atom. The molecule has 0 aromatic heterocycles. The average molecular weight is 235 g/mol. The predicted octanol–water partition coefficient (Wildman–Crippen LogP) is 2.04. The molecule has 3 nitrogen and oxygen atoms in total. The molecule has 1 aromatic carbocycles. The molecule has 1 aliphatic heterocycles. The summed E-state index contributed by atoms with van der Waals surface area (Å²) in [5.74, 6) is -0.935. The Morgan fingerprint density at radius 3 is 2.94 bits per heavy atom. The van der Waals surface area contributed by atoms with Crippen molar-refractivity contribution >= 4 is 5.97 Å². The van der Waals surface area contributed by atoms with E-state index in [-0.39, 0.29) is 12.2 Å². The molecule has 0 bridgehead atoms. The number of carbonyl (C=O) groups excluding carboxylic acids is 1. The second-order valence-electron chi connectivity index (χ2n) is 3.90. The summed E-state index contributed by atoms with van der Waals surface area (Å²) in [5.41, 5.74) is 1.05. The Labute approximate surface area is 99.3 Å². The van der Waals surface area contributed by atoms with Crippen molar-refractivity contribution in [3.63, 3.8) is 0 Å². The molecule has 0 atom stereocenters. The van der Waals surface area contributed by atoms with E-state index in [0.717, 1.165) is 25.1 Å². The topological polar surface area (TPSA) is 38.3 Å². The highest BCUT2D eigenvalue weighted by Gasteiger charge is 2.12. The largest absolute Gasteiger partial charge is 0.423 e. The van der Waals surface area contributed by atoms with Gasteiger partial charge >= 0.3 is 5.97 Å². The monoisotopic (exact) mass is 235 g/mol. The molecule has 0 aliphatic carbocycles. The fourth-order valence-corrected chi connectivity index (χ4v) is 1.70. The van der Waals surface area contributed by atoms with Crippen molar-refractivity contribution in [3.8, 4) is 5.75 Å². The van der Waals surface area contributed by atoms with Crippen LogP contribution in [-0.4, -0.2) is 19.1 Å². The van der Waals surface area contributed by atoms with E-state index in [4.69, 9.17) is 4.74 Å². The van der Waals surface area contributed by atoms with Crippen LogP contribution in [0.4, 0.5) is 4.39 Å². The minimum Gasteiger partial charge on any atom is -0.423 e. The Hall–Kier alpha value is -1.68. The molecule has 2 rings (SSSR count). The van der Waals surface area contributed by atoms with Crippen molar-refractivity contribution in [1.82, 2.24) is 5.32 Å². The Balaban J connectivity index is 1.93. The summed E-state index contributed by atoms with van der Waals surface area (Å²) in [6.07, 6.45) is 3.05. The van der Waals surface area contributed by atoms with Crippen LogP contribution in [0.15, 0.2) is 35.9 Å². The number of hydrogen-bond donors (Lipinski definition) is 1. The van der Waals surface area contributed by atoms with Gasteiger partial charge in [0.15, 0.2) is 11.6 Å². The molecule has 1 N–H and O–H groups in total. The highest BCUT2D eigenvalue weighted by atomic mass is 19.1. The molecule has 0 saturated carbocycles.